The van der Waals surface area contributed by atoms with Crippen molar-refractivity contribution >= 4 is 12.0 Å². The zero-order chi connectivity index (χ0) is 14.4. The Balaban J connectivity index is 1.60. The van der Waals surface area contributed by atoms with Gasteiger partial charge in [-0.25, -0.2) is 4.79 Å². The van der Waals surface area contributed by atoms with Crippen LogP contribution in [0.4, 0.5) is 4.79 Å². The Labute approximate surface area is 119 Å². The zero-order valence-electron chi connectivity index (χ0n) is 11.8. The van der Waals surface area contributed by atoms with Gasteiger partial charge in [-0.05, 0) is 44.4 Å². The van der Waals surface area contributed by atoms with Crippen molar-refractivity contribution in [3.63, 3.8) is 0 Å². The number of nitrogens with one attached hydrogen (secondary N) is 2. The van der Waals surface area contributed by atoms with E-state index in [1.807, 2.05) is 0 Å². The van der Waals surface area contributed by atoms with Gasteiger partial charge in [-0.3, -0.25) is 4.79 Å². The summed E-state index contributed by atoms with van der Waals surface area (Å²) in [6, 6.07) is -0.0210. The average molecular weight is 284 g/mol. The first-order chi connectivity index (χ1) is 9.65. The highest BCUT2D eigenvalue weighted by Crippen LogP contribution is 2.28. The van der Waals surface area contributed by atoms with Gasteiger partial charge in [0.25, 0.3) is 0 Å². The molecule has 20 heavy (non-hydrogen) atoms. The Morgan fingerprint density at radius 3 is 2.50 bits per heavy atom. The van der Waals surface area contributed by atoms with E-state index in [0.717, 1.165) is 45.1 Å². The maximum Gasteiger partial charge on any atom is 0.315 e. The maximum atomic E-state index is 11.8. The molecule has 2 amide bonds. The van der Waals surface area contributed by atoms with Gasteiger partial charge >= 0.3 is 12.0 Å². The topological polar surface area (TPSA) is 87.7 Å². The molecule has 1 atom stereocenters. The predicted octanol–water partition coefficient (Wildman–Crippen LogP) is 1.36. The van der Waals surface area contributed by atoms with Crippen molar-refractivity contribution in [3.8, 4) is 0 Å². The van der Waals surface area contributed by atoms with Gasteiger partial charge in [-0.1, -0.05) is 0 Å². The van der Waals surface area contributed by atoms with E-state index < -0.39 is 5.97 Å². The quantitative estimate of drug-likeness (QED) is 0.727. The van der Waals surface area contributed by atoms with Crippen LogP contribution in [0.25, 0.3) is 0 Å². The molecule has 0 aromatic heterocycles. The summed E-state index contributed by atoms with van der Waals surface area (Å²) in [6.07, 6.45) is 5.16. The highest BCUT2D eigenvalue weighted by molar-refractivity contribution is 5.74. The van der Waals surface area contributed by atoms with Gasteiger partial charge in [0.2, 0.25) is 0 Å². The number of urea groups is 1. The minimum atomic E-state index is -0.688. The van der Waals surface area contributed by atoms with Crippen LogP contribution in [0.1, 0.15) is 38.5 Å². The van der Waals surface area contributed by atoms with Crippen LogP contribution < -0.4 is 10.6 Å². The van der Waals surface area contributed by atoms with Gasteiger partial charge in [0, 0.05) is 13.2 Å². The monoisotopic (exact) mass is 284 g/mol. The molecule has 1 saturated carbocycles. The molecule has 0 bridgehead atoms. The number of aliphatic carboxylic acids is 1. The lowest BCUT2D eigenvalue weighted by Crippen LogP contribution is -2.47. The lowest BCUT2D eigenvalue weighted by Gasteiger charge is -2.27. The number of ether oxygens (including phenoxy) is 1. The lowest BCUT2D eigenvalue weighted by molar-refractivity contribution is -0.143. The molecule has 1 aliphatic carbocycles. The molecular weight excluding hydrogens is 260 g/mol. The van der Waals surface area contributed by atoms with Crippen LogP contribution in [-0.4, -0.2) is 42.9 Å². The SMILES string of the molecule is O=C(NCC1CCC(C(=O)O)CC1)NC1CCCOC1. The molecule has 0 aromatic rings. The Morgan fingerprint density at radius 1 is 1.15 bits per heavy atom. The largest absolute Gasteiger partial charge is 0.481 e. The summed E-state index contributed by atoms with van der Waals surface area (Å²) < 4.78 is 5.31. The molecule has 0 radical (unpaired) electrons. The van der Waals surface area contributed by atoms with Crippen molar-refractivity contribution in [2.75, 3.05) is 19.8 Å². The van der Waals surface area contributed by atoms with Crippen molar-refractivity contribution in [2.24, 2.45) is 11.8 Å². The summed E-state index contributed by atoms with van der Waals surface area (Å²) in [5.41, 5.74) is 0. The molecule has 1 aliphatic heterocycles. The summed E-state index contributed by atoms with van der Waals surface area (Å²) in [6.45, 7) is 2.01. The number of carboxylic acids is 1. The van der Waals surface area contributed by atoms with Gasteiger partial charge in [-0.15, -0.1) is 0 Å². The Morgan fingerprint density at radius 2 is 1.90 bits per heavy atom. The predicted molar refractivity (Wildman–Crippen MR) is 73.5 cm³/mol. The molecule has 0 aromatic carbocycles. The minimum Gasteiger partial charge on any atom is -0.481 e. The standard InChI is InChI=1S/C14H24N2O4/c17-13(18)11-5-3-10(4-6-11)8-15-14(19)16-12-2-1-7-20-9-12/h10-12H,1-9H2,(H,17,18)(H2,15,16,19). The third-order valence-corrected chi connectivity index (χ3v) is 4.24. The third kappa shape index (κ3) is 4.67. The number of hydrogen-bond donors (Lipinski definition) is 3. The summed E-state index contributed by atoms with van der Waals surface area (Å²) in [5.74, 6) is -0.482. The van der Waals surface area contributed by atoms with Crippen LogP contribution in [0.5, 0.6) is 0 Å². The summed E-state index contributed by atoms with van der Waals surface area (Å²) in [4.78, 5) is 22.6. The molecular formula is C14H24N2O4. The van der Waals surface area contributed by atoms with Crippen LogP contribution in [0.3, 0.4) is 0 Å². The van der Waals surface area contributed by atoms with Crippen molar-refractivity contribution in [2.45, 2.75) is 44.6 Å². The zero-order valence-corrected chi connectivity index (χ0v) is 11.8. The third-order valence-electron chi connectivity index (χ3n) is 4.24. The van der Waals surface area contributed by atoms with E-state index in [1.165, 1.54) is 0 Å². The summed E-state index contributed by atoms with van der Waals surface area (Å²) in [5, 5.41) is 14.7. The molecule has 2 aliphatic rings. The van der Waals surface area contributed by atoms with Gasteiger partial charge in [0.15, 0.2) is 0 Å². The Hall–Kier alpha value is -1.30. The highest BCUT2D eigenvalue weighted by atomic mass is 16.5. The number of hydrogen-bond acceptors (Lipinski definition) is 3. The first-order valence-corrected chi connectivity index (χ1v) is 7.50. The second kappa shape index (κ2) is 7.47. The van der Waals surface area contributed by atoms with E-state index in [4.69, 9.17) is 9.84 Å². The summed E-state index contributed by atoms with van der Waals surface area (Å²) in [7, 11) is 0. The van der Waals surface area contributed by atoms with Crippen molar-refractivity contribution in [3.05, 3.63) is 0 Å². The van der Waals surface area contributed by atoms with Crippen molar-refractivity contribution < 1.29 is 19.4 Å². The van der Waals surface area contributed by atoms with Crippen LogP contribution in [0, 0.1) is 11.8 Å². The number of carbonyl (C=O) groups is 2. The second-order valence-corrected chi connectivity index (χ2v) is 5.82. The second-order valence-electron chi connectivity index (χ2n) is 5.82. The van der Waals surface area contributed by atoms with Gasteiger partial charge in [0.05, 0.1) is 18.6 Å². The first kappa shape index (κ1) is 15.1. The molecule has 1 unspecified atom stereocenters. The molecule has 1 heterocycles. The molecule has 3 N–H and O–H groups in total. The van der Waals surface area contributed by atoms with E-state index >= 15 is 0 Å². The normalized spacial score (nSPS) is 30.5. The fraction of sp³-hybridized carbons (Fsp3) is 0.857. The van der Waals surface area contributed by atoms with Gasteiger partial charge in [-0.2, -0.15) is 0 Å². The summed E-state index contributed by atoms with van der Waals surface area (Å²) >= 11 is 0. The molecule has 1 saturated heterocycles. The highest BCUT2D eigenvalue weighted by Gasteiger charge is 2.26. The van der Waals surface area contributed by atoms with Crippen LogP contribution in [0.2, 0.25) is 0 Å². The first-order valence-electron chi connectivity index (χ1n) is 7.50. The van der Waals surface area contributed by atoms with Gasteiger partial charge < -0.3 is 20.5 Å². The lowest BCUT2D eigenvalue weighted by atomic mass is 9.82. The van der Waals surface area contributed by atoms with Gasteiger partial charge in [0.1, 0.15) is 0 Å². The van der Waals surface area contributed by atoms with E-state index in [-0.39, 0.29) is 18.0 Å². The molecule has 2 rings (SSSR count). The number of carbonyl (C=O) groups excluding carboxylic acids is 1. The van der Waals surface area contributed by atoms with Crippen molar-refractivity contribution in [1.82, 2.24) is 10.6 Å². The number of rotatable bonds is 4. The van der Waals surface area contributed by atoms with Crippen LogP contribution in [0.15, 0.2) is 0 Å². The Kier molecular flexibility index (Phi) is 5.64. The maximum absolute atomic E-state index is 11.8. The van der Waals surface area contributed by atoms with Crippen molar-refractivity contribution in [1.29, 1.82) is 0 Å². The minimum absolute atomic E-state index is 0.117. The van der Waals surface area contributed by atoms with E-state index in [1.54, 1.807) is 0 Å². The van der Waals surface area contributed by atoms with Crippen LogP contribution >= 0.6 is 0 Å². The molecule has 2 fully saturated rings. The average Bonchev–Trinajstić information content (AvgIpc) is 2.46. The molecule has 6 nitrogen and oxygen atoms in total. The van der Waals surface area contributed by atoms with E-state index in [0.29, 0.717) is 19.1 Å². The van der Waals surface area contributed by atoms with E-state index in [9.17, 15) is 9.59 Å². The number of amides is 2. The van der Waals surface area contributed by atoms with Crippen LogP contribution in [-0.2, 0) is 9.53 Å². The van der Waals surface area contributed by atoms with E-state index in [2.05, 4.69) is 10.6 Å². The fourth-order valence-corrected chi connectivity index (χ4v) is 2.94. The fourth-order valence-electron chi connectivity index (χ4n) is 2.94. The molecule has 0 spiro atoms. The number of carboxylic acid groups (broad SMARTS) is 1. The smallest absolute Gasteiger partial charge is 0.315 e. The molecule has 114 valence electrons. The molecule has 6 heteroatoms. The Bertz CT molecular complexity index is 334.